The van der Waals surface area contributed by atoms with Crippen LogP contribution in [0, 0.1) is 11.6 Å². The molecule has 0 spiro atoms. The molecule has 0 fully saturated rings. The first-order chi connectivity index (χ1) is 12.5. The number of hydrogen-bond donors (Lipinski definition) is 1. The maximum Gasteiger partial charge on any atom is 0.194 e. The molecule has 0 aliphatic rings. The average molecular weight is 349 g/mol. The Kier molecular flexibility index (Phi) is 3.73. The third-order valence-corrected chi connectivity index (χ3v) is 4.13. The molecule has 128 valence electrons. The van der Waals surface area contributed by atoms with Crippen molar-refractivity contribution in [3.8, 4) is 11.3 Å². The molecule has 26 heavy (non-hydrogen) atoms. The zero-order valence-electron chi connectivity index (χ0n) is 13.5. The van der Waals surface area contributed by atoms with Crippen LogP contribution in [0.15, 0.2) is 66.9 Å². The Morgan fingerprint density at radius 2 is 1.73 bits per heavy atom. The monoisotopic (exact) mass is 349 g/mol. The Balaban J connectivity index is 1.89. The van der Waals surface area contributed by atoms with E-state index in [0.717, 1.165) is 12.1 Å². The second-order valence-electron chi connectivity index (χ2n) is 5.81. The van der Waals surface area contributed by atoms with Crippen molar-refractivity contribution in [2.75, 3.05) is 5.73 Å². The molecule has 0 saturated carbocycles. The molecule has 0 radical (unpaired) electrons. The summed E-state index contributed by atoms with van der Waals surface area (Å²) in [5.41, 5.74) is 7.75. The lowest BCUT2D eigenvalue weighted by Gasteiger charge is -2.07. The maximum absolute atomic E-state index is 14.2. The van der Waals surface area contributed by atoms with E-state index in [0.29, 0.717) is 16.8 Å². The minimum atomic E-state index is -0.752. The van der Waals surface area contributed by atoms with Crippen LogP contribution in [-0.2, 0) is 0 Å². The van der Waals surface area contributed by atoms with Crippen LogP contribution in [0.5, 0.6) is 0 Å². The van der Waals surface area contributed by atoms with Gasteiger partial charge in [0.2, 0.25) is 0 Å². The molecule has 0 bridgehead atoms. The first-order valence-corrected chi connectivity index (χ1v) is 7.87. The molecule has 2 N–H and O–H groups in total. The smallest absolute Gasteiger partial charge is 0.194 e. The Morgan fingerprint density at radius 1 is 0.962 bits per heavy atom. The number of nitrogens with zero attached hydrogens (tertiary/aromatic N) is 2. The largest absolute Gasteiger partial charge is 0.382 e. The number of aromatic nitrogens is 2. The summed E-state index contributed by atoms with van der Waals surface area (Å²) in [5.74, 6) is -1.51. The van der Waals surface area contributed by atoms with Crippen molar-refractivity contribution in [1.82, 2.24) is 9.38 Å². The van der Waals surface area contributed by atoms with Crippen LogP contribution in [0.1, 0.15) is 15.9 Å². The van der Waals surface area contributed by atoms with Gasteiger partial charge in [-0.25, -0.2) is 13.8 Å². The lowest BCUT2D eigenvalue weighted by Crippen LogP contribution is -2.03. The van der Waals surface area contributed by atoms with Crippen molar-refractivity contribution < 1.29 is 13.6 Å². The molecule has 0 aliphatic heterocycles. The van der Waals surface area contributed by atoms with Crippen LogP contribution in [0.25, 0.3) is 16.9 Å². The van der Waals surface area contributed by atoms with Crippen LogP contribution in [0.3, 0.4) is 0 Å². The normalized spacial score (nSPS) is 11.0. The number of pyridine rings is 1. The van der Waals surface area contributed by atoms with Crippen molar-refractivity contribution in [3.63, 3.8) is 0 Å². The van der Waals surface area contributed by atoms with Gasteiger partial charge in [0.25, 0.3) is 0 Å². The second kappa shape index (κ2) is 6.07. The van der Waals surface area contributed by atoms with E-state index < -0.39 is 11.6 Å². The number of ketones is 1. The summed E-state index contributed by atoms with van der Waals surface area (Å²) in [6.07, 6.45) is 1.56. The highest BCUT2D eigenvalue weighted by atomic mass is 19.1. The van der Waals surface area contributed by atoms with E-state index in [1.807, 2.05) is 6.07 Å². The van der Waals surface area contributed by atoms with Crippen molar-refractivity contribution >= 4 is 17.2 Å². The molecular formula is C20H13F2N3O. The molecule has 4 rings (SSSR count). The van der Waals surface area contributed by atoms with Gasteiger partial charge in [-0.3, -0.25) is 9.20 Å². The number of carbonyl (C=O) groups is 1. The van der Waals surface area contributed by atoms with Gasteiger partial charge in [0.1, 0.15) is 17.3 Å². The predicted octanol–water partition coefficient (Wildman–Crippen LogP) is 4.09. The van der Waals surface area contributed by atoms with Gasteiger partial charge >= 0.3 is 0 Å². The van der Waals surface area contributed by atoms with E-state index in [2.05, 4.69) is 4.98 Å². The number of imidazole rings is 1. The topological polar surface area (TPSA) is 60.4 Å². The molecule has 0 amide bonds. The summed E-state index contributed by atoms with van der Waals surface area (Å²) in [5, 5.41) is 0. The number of nitrogens with two attached hydrogens (primary N) is 1. The number of carbonyl (C=O) groups excluding carboxylic acids is 1. The molecule has 0 atom stereocenters. The molecule has 2 aromatic carbocycles. The Hall–Kier alpha value is -3.54. The zero-order valence-corrected chi connectivity index (χ0v) is 13.5. The van der Waals surface area contributed by atoms with Crippen LogP contribution in [-0.4, -0.2) is 15.2 Å². The maximum atomic E-state index is 14.2. The third kappa shape index (κ3) is 2.61. The number of anilines is 1. The number of halogens is 2. The van der Waals surface area contributed by atoms with Crippen molar-refractivity contribution in [2.24, 2.45) is 0 Å². The molecule has 0 aliphatic carbocycles. The summed E-state index contributed by atoms with van der Waals surface area (Å²) in [6.45, 7) is 0. The van der Waals surface area contributed by atoms with Gasteiger partial charge in [-0.2, -0.15) is 0 Å². The number of nitrogen functional groups attached to an aromatic ring is 1. The minimum Gasteiger partial charge on any atom is -0.382 e. The first kappa shape index (κ1) is 16.0. The van der Waals surface area contributed by atoms with E-state index in [9.17, 15) is 13.6 Å². The van der Waals surface area contributed by atoms with Crippen molar-refractivity contribution in [3.05, 3.63) is 89.6 Å². The van der Waals surface area contributed by atoms with E-state index in [1.165, 1.54) is 6.07 Å². The highest BCUT2D eigenvalue weighted by Gasteiger charge is 2.18. The molecule has 2 heterocycles. The SMILES string of the molecule is Nc1nc2ccc(C(=O)c3ccccc3)cn2c1-c1ccc(F)cc1F. The van der Waals surface area contributed by atoms with Crippen LogP contribution < -0.4 is 5.73 Å². The zero-order chi connectivity index (χ0) is 18.3. The standard InChI is InChI=1S/C20H13F2N3O/c21-14-7-8-15(16(22)10-14)18-20(23)24-17-9-6-13(11-25(17)18)19(26)12-4-2-1-3-5-12/h1-11H,23H2. The molecule has 6 heteroatoms. The summed E-state index contributed by atoms with van der Waals surface area (Å²) in [6, 6.07) is 15.3. The number of hydrogen-bond acceptors (Lipinski definition) is 3. The van der Waals surface area contributed by atoms with Gasteiger partial charge in [-0.15, -0.1) is 0 Å². The van der Waals surface area contributed by atoms with E-state index >= 15 is 0 Å². The molecule has 4 aromatic rings. The fourth-order valence-corrected chi connectivity index (χ4v) is 2.90. The highest BCUT2D eigenvalue weighted by molar-refractivity contribution is 6.09. The lowest BCUT2D eigenvalue weighted by atomic mass is 10.1. The Bertz CT molecular complexity index is 1140. The van der Waals surface area contributed by atoms with Crippen LogP contribution in [0.2, 0.25) is 0 Å². The third-order valence-electron chi connectivity index (χ3n) is 4.13. The van der Waals surface area contributed by atoms with Gasteiger partial charge in [-0.05, 0) is 24.3 Å². The summed E-state index contributed by atoms with van der Waals surface area (Å²) in [7, 11) is 0. The molecular weight excluding hydrogens is 336 g/mol. The van der Waals surface area contributed by atoms with E-state index in [-0.39, 0.29) is 22.9 Å². The molecule has 4 nitrogen and oxygen atoms in total. The average Bonchev–Trinajstić information content (AvgIpc) is 2.97. The summed E-state index contributed by atoms with van der Waals surface area (Å²) in [4.78, 5) is 16.9. The minimum absolute atomic E-state index is 0.0971. The van der Waals surface area contributed by atoms with E-state index in [4.69, 9.17) is 5.73 Å². The van der Waals surface area contributed by atoms with Gasteiger partial charge < -0.3 is 5.73 Å². The van der Waals surface area contributed by atoms with Crippen LogP contribution in [0.4, 0.5) is 14.6 Å². The molecule has 0 saturated heterocycles. The molecule has 0 unspecified atom stereocenters. The summed E-state index contributed by atoms with van der Waals surface area (Å²) >= 11 is 0. The second-order valence-corrected chi connectivity index (χ2v) is 5.81. The van der Waals surface area contributed by atoms with Gasteiger partial charge in [0.15, 0.2) is 11.6 Å². The Labute approximate surface area is 147 Å². The van der Waals surface area contributed by atoms with Gasteiger partial charge in [0.05, 0.1) is 5.69 Å². The molecule has 2 aromatic heterocycles. The fourth-order valence-electron chi connectivity index (χ4n) is 2.90. The number of rotatable bonds is 3. The highest BCUT2D eigenvalue weighted by Crippen LogP contribution is 2.30. The summed E-state index contributed by atoms with van der Waals surface area (Å²) < 4.78 is 29.0. The predicted molar refractivity (Wildman–Crippen MR) is 94.8 cm³/mol. The number of benzene rings is 2. The fraction of sp³-hybridized carbons (Fsp3) is 0. The number of fused-ring (bicyclic) bond motifs is 1. The van der Waals surface area contributed by atoms with Gasteiger partial charge in [-0.1, -0.05) is 30.3 Å². The Morgan fingerprint density at radius 3 is 2.46 bits per heavy atom. The van der Waals surface area contributed by atoms with Gasteiger partial charge in [0, 0.05) is 29.0 Å². The quantitative estimate of drug-likeness (QED) is 0.567. The van der Waals surface area contributed by atoms with Crippen LogP contribution >= 0.6 is 0 Å². The van der Waals surface area contributed by atoms with Crippen molar-refractivity contribution in [1.29, 1.82) is 0 Å². The first-order valence-electron chi connectivity index (χ1n) is 7.87. The van der Waals surface area contributed by atoms with Crippen molar-refractivity contribution in [2.45, 2.75) is 0 Å². The lowest BCUT2D eigenvalue weighted by molar-refractivity contribution is 0.103. The van der Waals surface area contributed by atoms with E-state index in [1.54, 1.807) is 47.0 Å².